The Morgan fingerprint density at radius 1 is 1.09 bits per heavy atom. The molecule has 0 unspecified atom stereocenters. The van der Waals surface area contributed by atoms with Gasteiger partial charge in [-0.2, -0.15) is 9.97 Å². The molecule has 1 aliphatic heterocycles. The monoisotopic (exact) mass is 491 g/mol. The fraction of sp³-hybridized carbons (Fsp3) is 0.308. The Morgan fingerprint density at radius 2 is 1.89 bits per heavy atom. The van der Waals surface area contributed by atoms with Gasteiger partial charge in [-0.05, 0) is 74.8 Å². The van der Waals surface area contributed by atoms with Crippen LogP contribution in [0.4, 0.5) is 33.2 Å². The summed E-state index contributed by atoms with van der Waals surface area (Å²) in [5, 5.41) is 7.54. The molecule has 0 aliphatic carbocycles. The van der Waals surface area contributed by atoms with E-state index in [0.29, 0.717) is 23.1 Å². The van der Waals surface area contributed by atoms with Crippen molar-refractivity contribution in [1.29, 1.82) is 0 Å². The van der Waals surface area contributed by atoms with Crippen LogP contribution in [0.5, 0.6) is 0 Å². The molecule has 0 atom stereocenters. The fourth-order valence-corrected chi connectivity index (χ4v) is 4.91. The largest absolute Gasteiger partial charge is 0.346 e. The number of hydrogen-bond donors (Lipinski definition) is 3. The van der Waals surface area contributed by atoms with Crippen molar-refractivity contribution in [3.8, 4) is 0 Å². The molecule has 9 heteroatoms. The number of H-pyrrole nitrogens is 1. The maximum atomic E-state index is 15.0. The highest BCUT2D eigenvalue weighted by molar-refractivity contribution is 7.99. The fourth-order valence-electron chi connectivity index (χ4n) is 4.56. The quantitative estimate of drug-likeness (QED) is 0.270. The van der Waals surface area contributed by atoms with Gasteiger partial charge in [0.1, 0.15) is 17.3 Å². The third-order valence-electron chi connectivity index (χ3n) is 6.60. The second-order valence-corrected chi connectivity index (χ2v) is 9.81. The molecule has 0 saturated carbocycles. The van der Waals surface area contributed by atoms with E-state index in [2.05, 4.69) is 42.9 Å². The van der Waals surface area contributed by atoms with E-state index in [0.717, 1.165) is 48.3 Å². The number of piperidine rings is 1. The maximum absolute atomic E-state index is 15.0. The zero-order chi connectivity index (χ0) is 24.4. The minimum absolute atomic E-state index is 0.183. The van der Waals surface area contributed by atoms with Crippen LogP contribution in [0.15, 0.2) is 54.7 Å². The van der Waals surface area contributed by atoms with E-state index < -0.39 is 0 Å². The Morgan fingerprint density at radius 3 is 2.66 bits per heavy atom. The van der Waals surface area contributed by atoms with Gasteiger partial charge in [-0.3, -0.25) is 0 Å². The molecule has 1 aliphatic rings. The first-order valence-electron chi connectivity index (χ1n) is 11.8. The van der Waals surface area contributed by atoms with Crippen molar-refractivity contribution in [3.05, 3.63) is 66.1 Å². The molecule has 182 valence electrons. The number of nitrogens with zero attached hydrogens (tertiary/aromatic N) is 4. The Balaban J connectivity index is 1.41. The van der Waals surface area contributed by atoms with Crippen LogP contribution >= 0.6 is 11.9 Å². The summed E-state index contributed by atoms with van der Waals surface area (Å²) in [6.45, 7) is 2.00. The summed E-state index contributed by atoms with van der Waals surface area (Å²) in [6.07, 6.45) is 5.83. The Bertz CT molecular complexity index is 1320. The van der Waals surface area contributed by atoms with Crippen LogP contribution in [0, 0.1) is 5.82 Å². The van der Waals surface area contributed by atoms with Gasteiger partial charge in [0.2, 0.25) is 5.95 Å². The van der Waals surface area contributed by atoms with Gasteiger partial charge in [-0.25, -0.2) is 4.39 Å². The second-order valence-electron chi connectivity index (χ2n) is 8.90. The number of benzene rings is 2. The third kappa shape index (κ3) is 5.06. The van der Waals surface area contributed by atoms with Crippen molar-refractivity contribution in [2.45, 2.75) is 18.8 Å². The van der Waals surface area contributed by atoms with E-state index >= 15 is 4.39 Å². The highest BCUT2D eigenvalue weighted by Gasteiger charge is 2.21. The normalized spacial score (nSPS) is 14.9. The molecule has 1 saturated heterocycles. The van der Waals surface area contributed by atoms with Crippen LogP contribution in [-0.4, -0.2) is 53.3 Å². The summed E-state index contributed by atoms with van der Waals surface area (Å²) in [4.78, 5) is 14.8. The third-order valence-corrected chi connectivity index (χ3v) is 7.35. The van der Waals surface area contributed by atoms with E-state index in [4.69, 9.17) is 4.98 Å². The van der Waals surface area contributed by atoms with Crippen LogP contribution < -0.4 is 14.9 Å². The lowest BCUT2D eigenvalue weighted by Gasteiger charge is -2.29. The molecule has 2 aromatic heterocycles. The van der Waals surface area contributed by atoms with Crippen LogP contribution in [0.2, 0.25) is 0 Å². The summed E-state index contributed by atoms with van der Waals surface area (Å²) in [5.74, 6) is 1.15. The first kappa shape index (κ1) is 23.4. The molecule has 0 bridgehead atoms. The van der Waals surface area contributed by atoms with Crippen LogP contribution in [0.25, 0.3) is 11.0 Å². The highest BCUT2D eigenvalue weighted by Crippen LogP contribution is 2.34. The zero-order valence-electron chi connectivity index (χ0n) is 20.2. The number of hydrogen-bond acceptors (Lipinski definition) is 7. The van der Waals surface area contributed by atoms with Crippen molar-refractivity contribution < 1.29 is 4.39 Å². The summed E-state index contributed by atoms with van der Waals surface area (Å²) >= 11 is 1.63. The molecule has 2 aromatic carbocycles. The smallest absolute Gasteiger partial charge is 0.231 e. The summed E-state index contributed by atoms with van der Waals surface area (Å²) in [6, 6.07) is 15.4. The van der Waals surface area contributed by atoms with Crippen LogP contribution in [-0.2, 0) is 0 Å². The average molecular weight is 492 g/mol. The summed E-state index contributed by atoms with van der Waals surface area (Å²) in [7, 11) is 4.14. The molecular formula is C26H30FN7S. The van der Waals surface area contributed by atoms with Crippen molar-refractivity contribution in [2.75, 3.05) is 48.4 Å². The number of anilines is 5. The van der Waals surface area contributed by atoms with Gasteiger partial charge in [0.15, 0.2) is 0 Å². The van der Waals surface area contributed by atoms with Crippen molar-refractivity contribution in [2.24, 2.45) is 0 Å². The predicted octanol–water partition coefficient (Wildman–Crippen LogP) is 6.11. The van der Waals surface area contributed by atoms with Gasteiger partial charge < -0.3 is 24.8 Å². The van der Waals surface area contributed by atoms with Gasteiger partial charge in [0, 0.05) is 25.2 Å². The van der Waals surface area contributed by atoms with Gasteiger partial charge in [0.05, 0.1) is 16.8 Å². The van der Waals surface area contributed by atoms with Gasteiger partial charge in [-0.1, -0.05) is 30.1 Å². The van der Waals surface area contributed by atoms with Crippen molar-refractivity contribution in [1.82, 2.24) is 19.9 Å². The number of aromatic amines is 1. The number of halogens is 1. The van der Waals surface area contributed by atoms with E-state index in [1.807, 2.05) is 55.9 Å². The number of rotatable bonds is 7. The molecule has 4 aromatic rings. The molecule has 5 rings (SSSR count). The SMILES string of the molecule is CSN(C)c1ccccc1Nc1nc(Nc2ccc(C3CCN(C)CC3)c(F)c2)nc2[nH]ccc12. The molecule has 3 heterocycles. The van der Waals surface area contributed by atoms with Crippen LogP contribution in [0.1, 0.15) is 24.3 Å². The van der Waals surface area contributed by atoms with E-state index in [-0.39, 0.29) is 11.7 Å². The highest BCUT2D eigenvalue weighted by atomic mass is 32.2. The minimum atomic E-state index is -0.183. The summed E-state index contributed by atoms with van der Waals surface area (Å²) < 4.78 is 17.1. The molecule has 1 fully saturated rings. The zero-order valence-corrected chi connectivity index (χ0v) is 21.0. The molecule has 3 N–H and O–H groups in total. The Kier molecular flexibility index (Phi) is 6.79. The van der Waals surface area contributed by atoms with Crippen molar-refractivity contribution >= 4 is 51.8 Å². The average Bonchev–Trinajstić information content (AvgIpc) is 3.34. The maximum Gasteiger partial charge on any atom is 0.231 e. The molecular weight excluding hydrogens is 461 g/mol. The molecule has 7 nitrogen and oxygen atoms in total. The number of likely N-dealkylation sites (tertiary alicyclic amines) is 1. The molecule has 0 radical (unpaired) electrons. The lowest BCUT2D eigenvalue weighted by atomic mass is 9.89. The Labute approximate surface area is 209 Å². The Hall–Kier alpha value is -3.30. The first-order valence-corrected chi connectivity index (χ1v) is 12.9. The number of para-hydroxylation sites is 2. The number of fused-ring (bicyclic) bond motifs is 1. The van der Waals surface area contributed by atoms with Gasteiger partial charge in [0.25, 0.3) is 0 Å². The number of aromatic nitrogens is 3. The minimum Gasteiger partial charge on any atom is -0.346 e. The lowest BCUT2D eigenvalue weighted by Crippen LogP contribution is -2.29. The first-order chi connectivity index (χ1) is 17.0. The predicted molar refractivity (Wildman–Crippen MR) is 145 cm³/mol. The lowest BCUT2D eigenvalue weighted by molar-refractivity contribution is 0.253. The molecule has 0 amide bonds. The topological polar surface area (TPSA) is 72.1 Å². The number of nitrogens with one attached hydrogen (secondary N) is 3. The van der Waals surface area contributed by atoms with Crippen molar-refractivity contribution in [3.63, 3.8) is 0 Å². The second kappa shape index (κ2) is 10.1. The standard InChI is InChI=1S/C26H30FN7S/c1-33-14-11-17(12-15-33)19-9-8-18(16-21(19)27)29-26-31-24-20(10-13-28-24)25(32-26)30-22-6-4-5-7-23(22)34(2)35-3/h4-10,13,16-17H,11-12,14-15H2,1-3H3,(H3,28,29,30,31,32). The van der Waals surface area contributed by atoms with Gasteiger partial charge >= 0.3 is 0 Å². The van der Waals surface area contributed by atoms with Crippen LogP contribution in [0.3, 0.4) is 0 Å². The van der Waals surface area contributed by atoms with E-state index in [1.54, 1.807) is 18.0 Å². The van der Waals surface area contributed by atoms with Gasteiger partial charge in [-0.15, -0.1) is 0 Å². The summed E-state index contributed by atoms with van der Waals surface area (Å²) in [5.41, 5.74) is 4.09. The molecule has 0 spiro atoms. The molecule has 35 heavy (non-hydrogen) atoms. The van der Waals surface area contributed by atoms with E-state index in [9.17, 15) is 0 Å². The van der Waals surface area contributed by atoms with E-state index in [1.165, 1.54) is 0 Å².